The number of methoxy groups -OCH3 is 1. The summed E-state index contributed by atoms with van der Waals surface area (Å²) in [5.74, 6) is 2.65. The van der Waals surface area contributed by atoms with E-state index >= 15 is 0 Å². The number of aliphatic imine (C=N–C) groups is 1. The van der Waals surface area contributed by atoms with Gasteiger partial charge in [-0.05, 0) is 42.7 Å². The highest BCUT2D eigenvalue weighted by Gasteiger charge is 2.02. The van der Waals surface area contributed by atoms with Gasteiger partial charge in [-0.25, -0.2) is 0 Å². The van der Waals surface area contributed by atoms with E-state index in [2.05, 4.69) is 40.4 Å². The molecule has 2 rings (SSSR count). The van der Waals surface area contributed by atoms with E-state index in [9.17, 15) is 0 Å². The van der Waals surface area contributed by atoms with Gasteiger partial charge in [0, 0.05) is 26.1 Å². The standard InChI is InChI=1S/C20H27N3O2.HI/c1-4-11-21-20(23-13-10-18-6-5-14-25-18)22-12-9-17-8-7-16(2)19(15-17)24-3;/h4-8,14-15H,1,9-13H2,2-3H3,(H2,21,22,23);1H. The summed E-state index contributed by atoms with van der Waals surface area (Å²) in [5.41, 5.74) is 2.38. The predicted octanol–water partition coefficient (Wildman–Crippen LogP) is 3.72. The Labute approximate surface area is 172 Å². The van der Waals surface area contributed by atoms with Crippen LogP contribution in [0, 0.1) is 6.92 Å². The van der Waals surface area contributed by atoms with Crippen LogP contribution >= 0.6 is 24.0 Å². The van der Waals surface area contributed by atoms with Crippen LogP contribution in [0.5, 0.6) is 5.75 Å². The molecule has 0 aliphatic heterocycles. The third kappa shape index (κ3) is 7.51. The summed E-state index contributed by atoms with van der Waals surface area (Å²) >= 11 is 0. The van der Waals surface area contributed by atoms with E-state index in [-0.39, 0.29) is 24.0 Å². The number of rotatable bonds is 9. The molecule has 2 aromatic rings. The number of ether oxygens (including phenoxy) is 1. The Balaban J connectivity index is 0.00000338. The molecule has 0 saturated heterocycles. The Morgan fingerprint density at radius 3 is 2.81 bits per heavy atom. The average molecular weight is 469 g/mol. The molecule has 0 fully saturated rings. The largest absolute Gasteiger partial charge is 0.496 e. The summed E-state index contributed by atoms with van der Waals surface area (Å²) in [6, 6.07) is 10.2. The highest BCUT2D eigenvalue weighted by atomic mass is 127. The maximum absolute atomic E-state index is 5.38. The Kier molecular flexibility index (Phi) is 10.5. The normalized spacial score (nSPS) is 10.8. The van der Waals surface area contributed by atoms with E-state index in [1.807, 2.05) is 25.1 Å². The first-order valence-electron chi connectivity index (χ1n) is 8.52. The highest BCUT2D eigenvalue weighted by molar-refractivity contribution is 14.0. The summed E-state index contributed by atoms with van der Waals surface area (Å²) in [4.78, 5) is 4.58. The molecule has 142 valence electrons. The second-order valence-electron chi connectivity index (χ2n) is 5.71. The zero-order chi connectivity index (χ0) is 17.9. The molecule has 1 aromatic heterocycles. The van der Waals surface area contributed by atoms with Gasteiger partial charge in [0.15, 0.2) is 5.96 Å². The van der Waals surface area contributed by atoms with Gasteiger partial charge >= 0.3 is 0 Å². The van der Waals surface area contributed by atoms with Crippen molar-refractivity contribution in [2.45, 2.75) is 19.8 Å². The van der Waals surface area contributed by atoms with Gasteiger partial charge in [0.2, 0.25) is 0 Å². The molecular weight excluding hydrogens is 441 g/mol. The van der Waals surface area contributed by atoms with Crippen LogP contribution in [-0.2, 0) is 12.8 Å². The fourth-order valence-corrected chi connectivity index (χ4v) is 2.42. The molecule has 0 unspecified atom stereocenters. The van der Waals surface area contributed by atoms with Crippen molar-refractivity contribution >= 4 is 29.9 Å². The number of aryl methyl sites for hydroxylation is 1. The van der Waals surface area contributed by atoms with Crippen LogP contribution in [0.3, 0.4) is 0 Å². The molecule has 0 saturated carbocycles. The molecule has 0 bridgehead atoms. The van der Waals surface area contributed by atoms with Gasteiger partial charge in [-0.3, -0.25) is 4.99 Å². The van der Waals surface area contributed by atoms with E-state index in [1.54, 1.807) is 13.4 Å². The van der Waals surface area contributed by atoms with E-state index in [0.29, 0.717) is 13.1 Å². The summed E-state index contributed by atoms with van der Waals surface area (Å²) < 4.78 is 10.7. The van der Waals surface area contributed by atoms with Crippen molar-refractivity contribution in [3.8, 4) is 5.75 Å². The number of halogens is 1. The zero-order valence-electron chi connectivity index (χ0n) is 15.5. The van der Waals surface area contributed by atoms with Gasteiger partial charge in [0.05, 0.1) is 13.4 Å². The number of guanidine groups is 1. The summed E-state index contributed by atoms with van der Waals surface area (Å²) in [5, 5.41) is 6.59. The molecule has 0 amide bonds. The minimum absolute atomic E-state index is 0. The number of benzene rings is 1. The SMILES string of the molecule is C=CCNC(=NCCc1ccco1)NCCc1ccc(C)c(OC)c1.I. The fraction of sp³-hybridized carbons (Fsp3) is 0.350. The molecule has 0 aliphatic carbocycles. The van der Waals surface area contributed by atoms with Crippen molar-refractivity contribution in [1.29, 1.82) is 0 Å². The van der Waals surface area contributed by atoms with E-state index in [0.717, 1.165) is 42.4 Å². The predicted molar refractivity (Wildman–Crippen MR) is 118 cm³/mol. The molecule has 0 spiro atoms. The van der Waals surface area contributed by atoms with Crippen LogP contribution in [0.2, 0.25) is 0 Å². The number of nitrogens with one attached hydrogen (secondary N) is 2. The average Bonchev–Trinajstić information content (AvgIpc) is 3.14. The maximum atomic E-state index is 5.38. The molecule has 1 heterocycles. The van der Waals surface area contributed by atoms with Gasteiger partial charge in [-0.2, -0.15) is 0 Å². The lowest BCUT2D eigenvalue weighted by Gasteiger charge is -2.12. The number of nitrogens with zero attached hydrogens (tertiary/aromatic N) is 1. The summed E-state index contributed by atoms with van der Waals surface area (Å²) in [6.45, 7) is 7.90. The number of hydrogen-bond acceptors (Lipinski definition) is 3. The molecule has 0 radical (unpaired) electrons. The van der Waals surface area contributed by atoms with Crippen LogP contribution in [0.15, 0.2) is 58.7 Å². The van der Waals surface area contributed by atoms with E-state index in [1.165, 1.54) is 5.56 Å². The zero-order valence-corrected chi connectivity index (χ0v) is 17.8. The van der Waals surface area contributed by atoms with Crippen molar-refractivity contribution < 1.29 is 9.15 Å². The smallest absolute Gasteiger partial charge is 0.191 e. The van der Waals surface area contributed by atoms with Crippen LogP contribution in [0.1, 0.15) is 16.9 Å². The second kappa shape index (κ2) is 12.4. The molecule has 26 heavy (non-hydrogen) atoms. The molecular formula is C20H28IN3O2. The molecule has 1 aromatic carbocycles. The van der Waals surface area contributed by atoms with Crippen LogP contribution in [-0.4, -0.2) is 32.7 Å². The van der Waals surface area contributed by atoms with E-state index < -0.39 is 0 Å². The van der Waals surface area contributed by atoms with Gasteiger partial charge in [-0.1, -0.05) is 18.2 Å². The Morgan fingerprint density at radius 2 is 2.12 bits per heavy atom. The lowest BCUT2D eigenvalue weighted by atomic mass is 10.1. The van der Waals surface area contributed by atoms with Gasteiger partial charge < -0.3 is 19.8 Å². The van der Waals surface area contributed by atoms with Crippen molar-refractivity contribution in [1.82, 2.24) is 10.6 Å². The third-order valence-corrected chi connectivity index (χ3v) is 3.80. The Bertz CT molecular complexity index is 684. The number of hydrogen-bond donors (Lipinski definition) is 2. The lowest BCUT2D eigenvalue weighted by Crippen LogP contribution is -2.38. The van der Waals surface area contributed by atoms with Crippen LogP contribution < -0.4 is 15.4 Å². The van der Waals surface area contributed by atoms with Gasteiger partial charge in [0.1, 0.15) is 11.5 Å². The first kappa shape index (κ1) is 22.1. The van der Waals surface area contributed by atoms with Crippen molar-refractivity contribution in [3.05, 3.63) is 66.1 Å². The van der Waals surface area contributed by atoms with Crippen LogP contribution in [0.25, 0.3) is 0 Å². The molecule has 0 atom stereocenters. The minimum Gasteiger partial charge on any atom is -0.496 e. The molecule has 0 aliphatic rings. The first-order valence-corrected chi connectivity index (χ1v) is 8.52. The highest BCUT2D eigenvalue weighted by Crippen LogP contribution is 2.18. The van der Waals surface area contributed by atoms with Gasteiger partial charge in [0.25, 0.3) is 0 Å². The topological polar surface area (TPSA) is 58.8 Å². The number of furan rings is 1. The van der Waals surface area contributed by atoms with E-state index in [4.69, 9.17) is 9.15 Å². The summed E-state index contributed by atoms with van der Waals surface area (Å²) in [7, 11) is 1.70. The Morgan fingerprint density at radius 1 is 1.27 bits per heavy atom. The maximum Gasteiger partial charge on any atom is 0.191 e. The third-order valence-electron chi connectivity index (χ3n) is 3.80. The second-order valence-corrected chi connectivity index (χ2v) is 5.71. The molecule has 5 nitrogen and oxygen atoms in total. The van der Waals surface area contributed by atoms with Crippen LogP contribution in [0.4, 0.5) is 0 Å². The van der Waals surface area contributed by atoms with Crippen molar-refractivity contribution in [3.63, 3.8) is 0 Å². The molecule has 2 N–H and O–H groups in total. The monoisotopic (exact) mass is 469 g/mol. The van der Waals surface area contributed by atoms with Gasteiger partial charge in [-0.15, -0.1) is 30.6 Å². The minimum atomic E-state index is 0. The Hall–Kier alpha value is -1.96. The lowest BCUT2D eigenvalue weighted by molar-refractivity contribution is 0.411. The fourth-order valence-electron chi connectivity index (χ4n) is 2.42. The van der Waals surface area contributed by atoms with Crippen molar-refractivity contribution in [2.24, 2.45) is 4.99 Å². The first-order chi connectivity index (χ1) is 12.2. The molecule has 6 heteroatoms. The quantitative estimate of drug-likeness (QED) is 0.255. The summed E-state index contributed by atoms with van der Waals surface area (Å²) in [6.07, 6.45) is 5.17. The van der Waals surface area contributed by atoms with Crippen molar-refractivity contribution in [2.75, 3.05) is 26.7 Å².